The summed E-state index contributed by atoms with van der Waals surface area (Å²) in [7, 11) is 1.61. The number of ether oxygens (including phenoxy) is 1. The molecular formula is C30H36F2N2O4. The molecule has 0 aliphatic carbocycles. The molecule has 0 saturated carbocycles. The lowest BCUT2D eigenvalue weighted by atomic mass is 9.79. The number of piperidine rings is 1. The quantitative estimate of drug-likeness (QED) is 0.312. The molecule has 1 fully saturated rings. The zero-order valence-corrected chi connectivity index (χ0v) is 21.8. The molecule has 2 aromatic carbocycles. The number of carboxylic acids is 1. The first-order valence-electron chi connectivity index (χ1n) is 13.3. The smallest absolute Gasteiger partial charge is 0.303 e. The molecule has 4 rings (SSSR count). The molecule has 1 saturated heterocycles. The van der Waals surface area contributed by atoms with E-state index in [1.54, 1.807) is 13.3 Å². The number of fused-ring (bicyclic) bond motifs is 1. The summed E-state index contributed by atoms with van der Waals surface area (Å²) in [5.74, 6) is -0.645. The van der Waals surface area contributed by atoms with Crippen molar-refractivity contribution >= 4 is 16.9 Å². The van der Waals surface area contributed by atoms with Crippen LogP contribution in [0.15, 0.2) is 48.7 Å². The summed E-state index contributed by atoms with van der Waals surface area (Å²) in [6, 6.07) is 11.4. The molecule has 0 spiro atoms. The van der Waals surface area contributed by atoms with E-state index in [4.69, 9.17) is 4.74 Å². The molecule has 1 aliphatic rings. The maximum absolute atomic E-state index is 14.0. The summed E-state index contributed by atoms with van der Waals surface area (Å²) in [6.07, 6.45) is 4.92. The molecule has 2 heterocycles. The van der Waals surface area contributed by atoms with Crippen LogP contribution in [0.1, 0.15) is 55.8 Å². The van der Waals surface area contributed by atoms with Crippen LogP contribution < -0.4 is 4.74 Å². The van der Waals surface area contributed by atoms with Crippen molar-refractivity contribution in [3.63, 3.8) is 0 Å². The first-order chi connectivity index (χ1) is 18.4. The predicted octanol–water partition coefficient (Wildman–Crippen LogP) is 5.77. The van der Waals surface area contributed by atoms with Gasteiger partial charge in [-0.2, -0.15) is 0 Å². The number of halogens is 2. The molecule has 6 nitrogen and oxygen atoms in total. The van der Waals surface area contributed by atoms with Gasteiger partial charge in [-0.25, -0.2) is 8.78 Å². The average molecular weight is 527 g/mol. The van der Waals surface area contributed by atoms with Crippen molar-refractivity contribution in [2.24, 2.45) is 11.8 Å². The Bertz CT molecular complexity index is 1220. The zero-order valence-electron chi connectivity index (χ0n) is 21.8. The van der Waals surface area contributed by atoms with Crippen LogP contribution in [0.2, 0.25) is 0 Å². The second-order valence-electron chi connectivity index (χ2n) is 10.2. The number of aliphatic hydroxyl groups excluding tert-OH is 1. The molecule has 204 valence electrons. The fourth-order valence-corrected chi connectivity index (χ4v) is 5.72. The van der Waals surface area contributed by atoms with Gasteiger partial charge in [0.1, 0.15) is 17.4 Å². The number of hydrogen-bond donors (Lipinski definition) is 2. The highest BCUT2D eigenvalue weighted by molar-refractivity contribution is 5.83. The van der Waals surface area contributed by atoms with Crippen LogP contribution in [-0.4, -0.2) is 52.8 Å². The summed E-state index contributed by atoms with van der Waals surface area (Å²) in [5, 5.41) is 21.3. The van der Waals surface area contributed by atoms with Gasteiger partial charge in [-0.15, -0.1) is 0 Å². The standard InChI is InChI=1S/C30H36F2N2O4/c1-38-22-9-10-28-25(18-22)23(13-15-33-28)29(35)11-7-20-14-17-34(19-21(20)8-12-30(36)37)16-3-4-24-26(31)5-2-6-27(24)32/h2,5-6,9-10,13,15,18,20-21,29,35H,3-4,7-8,11-12,14,16-17,19H2,1H3,(H,36,37)/t20-,21-,29-/m1/s1. The first kappa shape index (κ1) is 27.9. The number of methoxy groups -OCH3 is 1. The lowest BCUT2D eigenvalue weighted by Crippen LogP contribution is -2.41. The number of aromatic nitrogens is 1. The molecule has 3 aromatic rings. The Morgan fingerprint density at radius 3 is 2.68 bits per heavy atom. The molecule has 1 aromatic heterocycles. The minimum Gasteiger partial charge on any atom is -0.497 e. The Morgan fingerprint density at radius 2 is 1.95 bits per heavy atom. The number of benzene rings is 2. The van der Waals surface area contributed by atoms with Crippen molar-refractivity contribution in [2.45, 2.75) is 51.0 Å². The molecule has 8 heteroatoms. The lowest BCUT2D eigenvalue weighted by molar-refractivity contribution is -0.137. The van der Waals surface area contributed by atoms with Crippen LogP contribution in [0.3, 0.4) is 0 Å². The van der Waals surface area contributed by atoms with Crippen molar-refractivity contribution in [3.8, 4) is 5.75 Å². The Kier molecular flexibility index (Phi) is 9.63. The van der Waals surface area contributed by atoms with Crippen molar-refractivity contribution in [1.82, 2.24) is 9.88 Å². The maximum Gasteiger partial charge on any atom is 0.303 e. The number of hydrogen-bond acceptors (Lipinski definition) is 5. The van der Waals surface area contributed by atoms with E-state index in [1.807, 2.05) is 24.3 Å². The fraction of sp³-hybridized carbons (Fsp3) is 0.467. The van der Waals surface area contributed by atoms with E-state index >= 15 is 0 Å². The number of aliphatic hydroxyl groups is 1. The Balaban J connectivity index is 1.36. The van der Waals surface area contributed by atoms with Gasteiger partial charge in [-0.3, -0.25) is 9.78 Å². The van der Waals surface area contributed by atoms with Crippen molar-refractivity contribution < 1.29 is 28.5 Å². The van der Waals surface area contributed by atoms with E-state index in [0.29, 0.717) is 43.9 Å². The molecule has 1 aliphatic heterocycles. The van der Waals surface area contributed by atoms with E-state index in [9.17, 15) is 23.8 Å². The number of carbonyl (C=O) groups is 1. The number of aliphatic carboxylic acids is 1. The van der Waals surface area contributed by atoms with E-state index in [0.717, 1.165) is 42.4 Å². The normalized spacial score (nSPS) is 18.9. The Hall–Kier alpha value is -3.10. The van der Waals surface area contributed by atoms with Crippen LogP contribution in [0, 0.1) is 23.5 Å². The van der Waals surface area contributed by atoms with Gasteiger partial charge < -0.3 is 19.8 Å². The van der Waals surface area contributed by atoms with Crippen LogP contribution in [0.25, 0.3) is 10.9 Å². The highest BCUT2D eigenvalue weighted by Gasteiger charge is 2.30. The molecule has 38 heavy (non-hydrogen) atoms. The van der Waals surface area contributed by atoms with E-state index in [2.05, 4.69) is 9.88 Å². The lowest BCUT2D eigenvalue weighted by Gasteiger charge is -2.39. The maximum atomic E-state index is 14.0. The van der Waals surface area contributed by atoms with Gasteiger partial charge in [-0.1, -0.05) is 6.07 Å². The molecule has 0 radical (unpaired) electrons. The first-order valence-corrected chi connectivity index (χ1v) is 13.3. The Labute approximate surface area is 222 Å². The molecule has 0 unspecified atom stereocenters. The van der Waals surface area contributed by atoms with E-state index in [-0.39, 0.29) is 17.9 Å². The van der Waals surface area contributed by atoms with Gasteiger partial charge in [-0.05, 0) is 105 Å². The number of rotatable bonds is 12. The summed E-state index contributed by atoms with van der Waals surface area (Å²) in [5.41, 5.74) is 1.74. The average Bonchev–Trinajstić information content (AvgIpc) is 2.92. The summed E-state index contributed by atoms with van der Waals surface area (Å²) in [4.78, 5) is 18.0. The third kappa shape index (κ3) is 7.05. The van der Waals surface area contributed by atoms with E-state index < -0.39 is 23.7 Å². The summed E-state index contributed by atoms with van der Waals surface area (Å²) in [6.45, 7) is 2.31. The Morgan fingerprint density at radius 1 is 1.16 bits per heavy atom. The topological polar surface area (TPSA) is 82.9 Å². The fourth-order valence-electron chi connectivity index (χ4n) is 5.72. The number of carboxylic acid groups (broad SMARTS) is 1. The summed E-state index contributed by atoms with van der Waals surface area (Å²) >= 11 is 0. The van der Waals surface area contributed by atoms with Crippen LogP contribution >= 0.6 is 0 Å². The van der Waals surface area contributed by atoms with Gasteiger partial charge in [0.05, 0.1) is 18.7 Å². The van der Waals surface area contributed by atoms with Crippen molar-refractivity contribution in [3.05, 3.63) is 71.4 Å². The van der Waals surface area contributed by atoms with Crippen LogP contribution in [-0.2, 0) is 11.2 Å². The largest absolute Gasteiger partial charge is 0.497 e. The minimum absolute atomic E-state index is 0.104. The van der Waals surface area contributed by atoms with Crippen molar-refractivity contribution in [1.29, 1.82) is 0 Å². The number of nitrogens with zero attached hydrogens (tertiary/aromatic N) is 2. The zero-order chi connectivity index (χ0) is 27.1. The highest BCUT2D eigenvalue weighted by atomic mass is 19.1. The second kappa shape index (κ2) is 13.1. The SMILES string of the molecule is COc1ccc2nccc([C@H](O)CC[C@@H]3CCN(CCCc4c(F)cccc4F)C[C@H]3CCC(=O)O)c2c1. The van der Waals surface area contributed by atoms with E-state index in [1.165, 1.54) is 18.2 Å². The second-order valence-corrected chi connectivity index (χ2v) is 10.2. The molecular weight excluding hydrogens is 490 g/mol. The van der Waals surface area contributed by atoms with Gasteiger partial charge in [0, 0.05) is 30.1 Å². The molecule has 3 atom stereocenters. The van der Waals surface area contributed by atoms with Crippen LogP contribution in [0.4, 0.5) is 8.78 Å². The third-order valence-corrected chi connectivity index (χ3v) is 7.82. The summed E-state index contributed by atoms with van der Waals surface area (Å²) < 4.78 is 33.3. The monoisotopic (exact) mass is 526 g/mol. The van der Waals surface area contributed by atoms with Crippen molar-refractivity contribution in [2.75, 3.05) is 26.7 Å². The number of likely N-dealkylation sites (tertiary alicyclic amines) is 1. The molecule has 0 bridgehead atoms. The van der Waals surface area contributed by atoms with Gasteiger partial charge >= 0.3 is 5.97 Å². The minimum atomic E-state index is -0.812. The highest BCUT2D eigenvalue weighted by Crippen LogP contribution is 2.35. The predicted molar refractivity (Wildman–Crippen MR) is 142 cm³/mol. The van der Waals surface area contributed by atoms with Gasteiger partial charge in [0.2, 0.25) is 0 Å². The third-order valence-electron chi connectivity index (χ3n) is 7.82. The molecule has 0 amide bonds. The van der Waals surface area contributed by atoms with Gasteiger partial charge in [0.25, 0.3) is 0 Å². The number of pyridine rings is 1. The molecule has 2 N–H and O–H groups in total. The van der Waals surface area contributed by atoms with Crippen LogP contribution in [0.5, 0.6) is 5.75 Å². The van der Waals surface area contributed by atoms with Gasteiger partial charge in [0.15, 0.2) is 0 Å².